The number of hydrogen-bond donors (Lipinski definition) is 1. The van der Waals surface area contributed by atoms with Crippen LogP contribution in [0, 0.1) is 5.92 Å². The van der Waals surface area contributed by atoms with Gasteiger partial charge in [0, 0.05) is 25.1 Å². The number of para-hydroxylation sites is 1. The van der Waals surface area contributed by atoms with E-state index in [1.54, 1.807) is 30.3 Å². The van der Waals surface area contributed by atoms with Crippen LogP contribution in [0.3, 0.4) is 0 Å². The summed E-state index contributed by atoms with van der Waals surface area (Å²) in [5.74, 6) is 0.375. The molecule has 0 unspecified atom stereocenters. The lowest BCUT2D eigenvalue weighted by molar-refractivity contribution is -0.127. The monoisotopic (exact) mass is 456 g/mol. The molecule has 0 bridgehead atoms. The number of benzene rings is 2. The van der Waals surface area contributed by atoms with E-state index >= 15 is 0 Å². The van der Waals surface area contributed by atoms with Crippen LogP contribution < -0.4 is 10.1 Å². The summed E-state index contributed by atoms with van der Waals surface area (Å²) in [6.07, 6.45) is 3.78. The fourth-order valence-electron chi connectivity index (χ4n) is 4.84. The van der Waals surface area contributed by atoms with E-state index in [2.05, 4.69) is 19.2 Å². The summed E-state index contributed by atoms with van der Waals surface area (Å²) in [7, 11) is -3.60. The molecule has 0 radical (unpaired) electrons. The van der Waals surface area contributed by atoms with E-state index in [9.17, 15) is 13.2 Å². The number of rotatable bonds is 6. The molecule has 0 saturated carbocycles. The average molecular weight is 457 g/mol. The molecule has 2 heterocycles. The summed E-state index contributed by atoms with van der Waals surface area (Å²) in [5.41, 5.74) is 0.685. The molecule has 2 aromatic carbocycles. The van der Waals surface area contributed by atoms with Crippen LogP contribution in [0.4, 0.5) is 0 Å². The standard InChI is InChI=1S/C25H32N2O4S/c1-3-25(4-2)17-22(21-14-8-9-15-23(21)31-25)26-24(28)19-11-10-16-27(18-19)32(29,30)20-12-6-5-7-13-20/h5-9,12-15,19,22H,3-4,10-11,16-18H2,1-2H3,(H,26,28)/t19-,22-/m1/s1. The largest absolute Gasteiger partial charge is 0.487 e. The second-order valence-corrected chi connectivity index (χ2v) is 10.7. The highest BCUT2D eigenvalue weighted by molar-refractivity contribution is 7.89. The normalized spacial score (nSPS) is 23.1. The smallest absolute Gasteiger partial charge is 0.243 e. The topological polar surface area (TPSA) is 75.7 Å². The number of sulfonamides is 1. The Kier molecular flexibility index (Phi) is 6.58. The van der Waals surface area contributed by atoms with Crippen molar-refractivity contribution in [3.63, 3.8) is 0 Å². The van der Waals surface area contributed by atoms with Crippen LogP contribution in [0.15, 0.2) is 59.5 Å². The molecule has 1 saturated heterocycles. The van der Waals surface area contributed by atoms with Crippen LogP contribution in [0.5, 0.6) is 5.75 Å². The van der Waals surface area contributed by atoms with Crippen molar-refractivity contribution in [2.75, 3.05) is 13.1 Å². The number of piperidine rings is 1. The highest BCUT2D eigenvalue weighted by Gasteiger charge is 2.40. The van der Waals surface area contributed by atoms with Gasteiger partial charge in [-0.2, -0.15) is 4.31 Å². The predicted molar refractivity (Wildman–Crippen MR) is 124 cm³/mol. The highest BCUT2D eigenvalue weighted by atomic mass is 32.2. The molecular weight excluding hydrogens is 424 g/mol. The summed E-state index contributed by atoms with van der Waals surface area (Å²) in [6.45, 7) is 4.88. The molecule has 2 aliphatic heterocycles. The molecule has 4 rings (SSSR count). The van der Waals surface area contributed by atoms with Crippen molar-refractivity contribution in [1.29, 1.82) is 0 Å². The molecule has 2 atom stereocenters. The number of carbonyl (C=O) groups is 1. The molecule has 2 aromatic rings. The van der Waals surface area contributed by atoms with Gasteiger partial charge in [-0.15, -0.1) is 0 Å². The summed E-state index contributed by atoms with van der Waals surface area (Å²) in [5, 5.41) is 3.24. The summed E-state index contributed by atoms with van der Waals surface area (Å²) < 4.78 is 33.9. The summed E-state index contributed by atoms with van der Waals surface area (Å²) in [4.78, 5) is 13.6. The Balaban J connectivity index is 1.51. The molecule has 172 valence electrons. The highest BCUT2D eigenvalue weighted by Crippen LogP contribution is 2.42. The van der Waals surface area contributed by atoms with Gasteiger partial charge in [-0.05, 0) is 43.9 Å². The summed E-state index contributed by atoms with van der Waals surface area (Å²) in [6, 6.07) is 16.2. The van der Waals surface area contributed by atoms with Crippen LogP contribution in [0.25, 0.3) is 0 Å². The number of fused-ring (bicyclic) bond motifs is 1. The van der Waals surface area contributed by atoms with E-state index in [1.165, 1.54) is 4.31 Å². The van der Waals surface area contributed by atoms with Crippen molar-refractivity contribution in [2.24, 2.45) is 5.92 Å². The van der Waals surface area contributed by atoms with Gasteiger partial charge in [-0.1, -0.05) is 50.2 Å². The van der Waals surface area contributed by atoms with Gasteiger partial charge in [0.1, 0.15) is 11.4 Å². The summed E-state index contributed by atoms with van der Waals surface area (Å²) >= 11 is 0. The number of amides is 1. The lowest BCUT2D eigenvalue weighted by Crippen LogP contribution is -2.49. The van der Waals surface area contributed by atoms with E-state index in [0.717, 1.165) is 24.2 Å². The zero-order valence-electron chi connectivity index (χ0n) is 18.8. The Hall–Kier alpha value is -2.38. The molecule has 32 heavy (non-hydrogen) atoms. The van der Waals surface area contributed by atoms with Crippen molar-refractivity contribution in [2.45, 2.75) is 62.5 Å². The number of carbonyl (C=O) groups excluding carboxylic acids is 1. The van der Waals surface area contributed by atoms with E-state index < -0.39 is 10.0 Å². The van der Waals surface area contributed by atoms with Crippen molar-refractivity contribution >= 4 is 15.9 Å². The third kappa shape index (κ3) is 4.41. The van der Waals surface area contributed by atoms with Gasteiger partial charge >= 0.3 is 0 Å². The van der Waals surface area contributed by atoms with Crippen molar-refractivity contribution in [1.82, 2.24) is 9.62 Å². The molecule has 2 aliphatic rings. The third-order valence-corrected chi connectivity index (χ3v) is 8.82. The quantitative estimate of drug-likeness (QED) is 0.704. The molecule has 0 aromatic heterocycles. The second kappa shape index (κ2) is 9.24. The Morgan fingerprint density at radius 2 is 1.78 bits per heavy atom. The van der Waals surface area contributed by atoms with Crippen molar-refractivity contribution in [3.05, 3.63) is 60.2 Å². The number of ether oxygens (including phenoxy) is 1. The minimum absolute atomic E-state index is 0.0826. The van der Waals surface area contributed by atoms with Gasteiger partial charge in [-0.25, -0.2) is 8.42 Å². The predicted octanol–water partition coefficient (Wildman–Crippen LogP) is 4.29. The van der Waals surface area contributed by atoms with Gasteiger partial charge < -0.3 is 10.1 Å². The fourth-order valence-corrected chi connectivity index (χ4v) is 6.38. The van der Waals surface area contributed by atoms with Crippen LogP contribution in [-0.2, 0) is 14.8 Å². The van der Waals surface area contributed by atoms with Gasteiger partial charge in [0.05, 0.1) is 16.9 Å². The van der Waals surface area contributed by atoms with E-state index in [0.29, 0.717) is 25.8 Å². The Morgan fingerprint density at radius 1 is 1.09 bits per heavy atom. The first kappa shape index (κ1) is 22.8. The maximum absolute atomic E-state index is 13.3. The number of nitrogens with zero attached hydrogens (tertiary/aromatic N) is 1. The lowest BCUT2D eigenvalue weighted by Gasteiger charge is -2.42. The van der Waals surface area contributed by atoms with Crippen LogP contribution in [-0.4, -0.2) is 37.3 Å². The minimum Gasteiger partial charge on any atom is -0.487 e. The average Bonchev–Trinajstić information content (AvgIpc) is 2.84. The zero-order chi connectivity index (χ0) is 22.8. The van der Waals surface area contributed by atoms with Gasteiger partial charge in [-0.3, -0.25) is 4.79 Å². The first-order chi connectivity index (χ1) is 15.4. The Morgan fingerprint density at radius 3 is 2.50 bits per heavy atom. The molecule has 0 aliphatic carbocycles. The second-order valence-electron chi connectivity index (χ2n) is 8.81. The number of hydrogen-bond acceptors (Lipinski definition) is 4. The van der Waals surface area contributed by atoms with Crippen molar-refractivity contribution < 1.29 is 17.9 Å². The molecular formula is C25H32N2O4S. The van der Waals surface area contributed by atoms with Crippen LogP contribution in [0.1, 0.15) is 57.6 Å². The fraction of sp³-hybridized carbons (Fsp3) is 0.480. The van der Waals surface area contributed by atoms with Gasteiger partial charge in [0.25, 0.3) is 0 Å². The molecule has 0 spiro atoms. The first-order valence-electron chi connectivity index (χ1n) is 11.5. The van der Waals surface area contributed by atoms with Crippen molar-refractivity contribution in [3.8, 4) is 5.75 Å². The lowest BCUT2D eigenvalue weighted by atomic mass is 9.83. The van der Waals surface area contributed by atoms with Crippen LogP contribution in [0.2, 0.25) is 0 Å². The Bertz CT molecular complexity index is 1050. The first-order valence-corrected chi connectivity index (χ1v) is 13.0. The molecule has 1 fully saturated rings. The molecule has 6 nitrogen and oxygen atoms in total. The van der Waals surface area contributed by atoms with Gasteiger partial charge in [0.2, 0.25) is 15.9 Å². The zero-order valence-corrected chi connectivity index (χ0v) is 19.6. The van der Waals surface area contributed by atoms with Crippen LogP contribution >= 0.6 is 0 Å². The maximum atomic E-state index is 13.3. The third-order valence-electron chi connectivity index (χ3n) is 6.94. The molecule has 1 N–H and O–H groups in total. The molecule has 1 amide bonds. The Labute approximate surface area is 191 Å². The van der Waals surface area contributed by atoms with E-state index in [-0.39, 0.29) is 34.9 Å². The SMILES string of the molecule is CCC1(CC)C[C@@H](NC(=O)[C@@H]2CCCN(S(=O)(=O)c3ccccc3)C2)c2ccccc2O1. The molecule has 7 heteroatoms. The van der Waals surface area contributed by atoms with E-state index in [1.807, 2.05) is 24.3 Å². The minimum atomic E-state index is -3.60. The van der Waals surface area contributed by atoms with E-state index in [4.69, 9.17) is 4.74 Å². The van der Waals surface area contributed by atoms with Gasteiger partial charge in [0.15, 0.2) is 0 Å². The maximum Gasteiger partial charge on any atom is 0.243 e. The number of nitrogens with one attached hydrogen (secondary N) is 1.